The summed E-state index contributed by atoms with van der Waals surface area (Å²) >= 11 is 7.05. The van der Waals surface area contributed by atoms with E-state index in [1.54, 1.807) is 30.1 Å². The Morgan fingerprint density at radius 3 is 2.73 bits per heavy atom. The molecule has 0 unspecified atom stereocenters. The number of ether oxygens (including phenoxy) is 1. The van der Waals surface area contributed by atoms with Crippen LogP contribution in [0.25, 0.3) is 5.69 Å². The quantitative estimate of drug-likeness (QED) is 0.489. The molecule has 0 fully saturated rings. The predicted octanol–water partition coefficient (Wildman–Crippen LogP) is 4.04. The van der Waals surface area contributed by atoms with Gasteiger partial charge in [0.05, 0.1) is 25.3 Å². The number of carbonyl (C=O) groups is 1. The minimum atomic E-state index is -0.369. The summed E-state index contributed by atoms with van der Waals surface area (Å²) in [5.74, 6) is 6.17. The summed E-state index contributed by atoms with van der Waals surface area (Å²) in [5.41, 5.74) is 1.85. The third-order valence-electron chi connectivity index (χ3n) is 4.02. The summed E-state index contributed by atoms with van der Waals surface area (Å²) in [7, 11) is 1.57. The summed E-state index contributed by atoms with van der Waals surface area (Å²) in [6, 6.07) is 14.5. The second kappa shape index (κ2) is 8.78. The molecule has 0 atom stereocenters. The van der Waals surface area contributed by atoms with Crippen LogP contribution in [0.4, 0.5) is 5.13 Å². The van der Waals surface area contributed by atoms with E-state index in [1.165, 1.54) is 17.5 Å². The van der Waals surface area contributed by atoms with Gasteiger partial charge >= 0.3 is 0 Å². The highest BCUT2D eigenvalue weighted by Crippen LogP contribution is 2.24. The number of aromatic nitrogens is 4. The largest absolute Gasteiger partial charge is 0.495 e. The number of methoxy groups -OCH3 is 1. The van der Waals surface area contributed by atoms with Crippen molar-refractivity contribution in [2.75, 3.05) is 12.4 Å². The number of hydrogen-bond acceptors (Lipinski definition) is 6. The fourth-order valence-electron chi connectivity index (χ4n) is 2.63. The molecule has 0 aliphatic heterocycles. The zero-order chi connectivity index (χ0) is 20.9. The molecule has 4 rings (SSSR count). The van der Waals surface area contributed by atoms with Gasteiger partial charge in [-0.15, -0.1) is 10.2 Å². The van der Waals surface area contributed by atoms with Crippen molar-refractivity contribution < 1.29 is 9.53 Å². The van der Waals surface area contributed by atoms with E-state index in [0.29, 0.717) is 32.3 Å². The van der Waals surface area contributed by atoms with E-state index in [1.807, 2.05) is 36.4 Å². The molecule has 2 heterocycles. The maximum absolute atomic E-state index is 12.8. The molecule has 0 bridgehead atoms. The summed E-state index contributed by atoms with van der Waals surface area (Å²) in [5, 5.41) is 12.2. The van der Waals surface area contributed by atoms with E-state index in [2.05, 4.69) is 32.3 Å². The van der Waals surface area contributed by atoms with Gasteiger partial charge in [0.2, 0.25) is 5.13 Å². The van der Waals surface area contributed by atoms with Crippen LogP contribution in [-0.2, 0) is 0 Å². The molecular weight excluding hydrogens is 422 g/mol. The lowest BCUT2D eigenvalue weighted by Crippen LogP contribution is -2.16. The fourth-order valence-corrected chi connectivity index (χ4v) is 3.35. The molecule has 7 nitrogen and oxygen atoms in total. The molecule has 2 aromatic carbocycles. The maximum Gasteiger partial charge on any atom is 0.276 e. The number of nitrogens with one attached hydrogen (secondary N) is 1. The standard InChI is InChI=1S/C21H14ClN5O2S/c1-29-18-5-3-2-4-16(18)27-13-23-12-17(27)20(28)24-21-26-25-19(30-21)11-8-14-6-9-15(22)10-7-14/h2-7,9-10,12-13H,1H3,(H,24,26,28). The molecule has 0 saturated carbocycles. The molecule has 148 valence electrons. The first-order valence-corrected chi connectivity index (χ1v) is 9.91. The smallest absolute Gasteiger partial charge is 0.276 e. The molecular formula is C21H14ClN5O2S. The van der Waals surface area contributed by atoms with Crippen molar-refractivity contribution >= 4 is 34.0 Å². The van der Waals surface area contributed by atoms with Crippen molar-refractivity contribution in [2.24, 2.45) is 0 Å². The molecule has 0 spiro atoms. The van der Waals surface area contributed by atoms with Crippen molar-refractivity contribution in [3.8, 4) is 23.3 Å². The van der Waals surface area contributed by atoms with Crippen LogP contribution < -0.4 is 10.1 Å². The Morgan fingerprint density at radius 2 is 1.93 bits per heavy atom. The molecule has 0 aliphatic carbocycles. The number of hydrogen-bond donors (Lipinski definition) is 1. The normalized spacial score (nSPS) is 10.2. The predicted molar refractivity (Wildman–Crippen MR) is 115 cm³/mol. The van der Waals surface area contributed by atoms with Gasteiger partial charge in [-0.25, -0.2) is 4.98 Å². The van der Waals surface area contributed by atoms with Crippen LogP contribution in [0.2, 0.25) is 5.02 Å². The van der Waals surface area contributed by atoms with Gasteiger partial charge < -0.3 is 4.74 Å². The molecule has 0 aliphatic rings. The minimum absolute atomic E-state index is 0.337. The lowest BCUT2D eigenvalue weighted by Gasteiger charge is -2.11. The van der Waals surface area contributed by atoms with Crippen LogP contribution in [0.5, 0.6) is 5.75 Å². The van der Waals surface area contributed by atoms with Crippen LogP contribution in [-0.4, -0.2) is 32.8 Å². The summed E-state index contributed by atoms with van der Waals surface area (Å²) in [6.45, 7) is 0. The van der Waals surface area contributed by atoms with E-state index >= 15 is 0 Å². The minimum Gasteiger partial charge on any atom is -0.495 e. The molecule has 0 radical (unpaired) electrons. The van der Waals surface area contributed by atoms with Crippen LogP contribution in [0.15, 0.2) is 61.1 Å². The molecule has 2 aromatic heterocycles. The summed E-state index contributed by atoms with van der Waals surface area (Å²) < 4.78 is 7.02. The van der Waals surface area contributed by atoms with Crippen molar-refractivity contribution in [1.29, 1.82) is 0 Å². The van der Waals surface area contributed by atoms with E-state index in [9.17, 15) is 4.79 Å². The number of benzene rings is 2. The van der Waals surface area contributed by atoms with Crippen molar-refractivity contribution in [1.82, 2.24) is 19.7 Å². The van der Waals surface area contributed by atoms with Gasteiger partial charge in [-0.2, -0.15) is 0 Å². The third-order valence-corrected chi connectivity index (χ3v) is 5.03. The highest BCUT2D eigenvalue weighted by molar-refractivity contribution is 7.15. The first-order chi connectivity index (χ1) is 14.6. The van der Waals surface area contributed by atoms with Gasteiger partial charge in [0, 0.05) is 10.6 Å². The number of amides is 1. The lowest BCUT2D eigenvalue weighted by atomic mass is 10.2. The van der Waals surface area contributed by atoms with Crippen molar-refractivity contribution in [3.63, 3.8) is 0 Å². The van der Waals surface area contributed by atoms with Crippen LogP contribution in [0.3, 0.4) is 0 Å². The van der Waals surface area contributed by atoms with Crippen LogP contribution >= 0.6 is 22.9 Å². The highest BCUT2D eigenvalue weighted by atomic mass is 35.5. The second-order valence-electron chi connectivity index (χ2n) is 5.94. The lowest BCUT2D eigenvalue weighted by molar-refractivity contribution is 0.102. The number of nitrogens with zero attached hydrogens (tertiary/aromatic N) is 4. The third kappa shape index (κ3) is 4.33. The van der Waals surface area contributed by atoms with Crippen LogP contribution in [0, 0.1) is 11.8 Å². The average molecular weight is 436 g/mol. The van der Waals surface area contributed by atoms with E-state index in [4.69, 9.17) is 16.3 Å². The monoisotopic (exact) mass is 435 g/mol. The SMILES string of the molecule is COc1ccccc1-n1cncc1C(=O)Nc1nnc(C#Cc2ccc(Cl)cc2)s1. The Hall–Kier alpha value is -3.67. The number of rotatable bonds is 4. The van der Waals surface area contributed by atoms with E-state index in [0.717, 1.165) is 5.56 Å². The Morgan fingerprint density at radius 1 is 1.13 bits per heavy atom. The van der Waals surface area contributed by atoms with Crippen molar-refractivity contribution in [2.45, 2.75) is 0 Å². The number of anilines is 1. The Bertz CT molecular complexity index is 1250. The number of halogens is 1. The molecule has 0 saturated heterocycles. The van der Waals surface area contributed by atoms with Gasteiger partial charge in [0.25, 0.3) is 5.91 Å². The van der Waals surface area contributed by atoms with Gasteiger partial charge in [-0.3, -0.25) is 14.7 Å². The highest BCUT2D eigenvalue weighted by Gasteiger charge is 2.17. The number of imidazole rings is 1. The molecule has 9 heteroatoms. The van der Waals surface area contributed by atoms with E-state index in [-0.39, 0.29) is 5.91 Å². The number of para-hydroxylation sites is 2. The fraction of sp³-hybridized carbons (Fsp3) is 0.0476. The van der Waals surface area contributed by atoms with Crippen LogP contribution in [0.1, 0.15) is 21.1 Å². The first kappa shape index (κ1) is 19.6. The molecule has 1 amide bonds. The Balaban J connectivity index is 1.51. The summed E-state index contributed by atoms with van der Waals surface area (Å²) in [6.07, 6.45) is 3.03. The van der Waals surface area contributed by atoms with Gasteiger partial charge in [0.15, 0.2) is 5.01 Å². The van der Waals surface area contributed by atoms with Gasteiger partial charge in [-0.1, -0.05) is 41.0 Å². The zero-order valence-electron chi connectivity index (χ0n) is 15.7. The molecule has 1 N–H and O–H groups in total. The topological polar surface area (TPSA) is 81.9 Å². The number of carbonyl (C=O) groups excluding carboxylic acids is 1. The Kier molecular flexibility index (Phi) is 5.75. The molecule has 30 heavy (non-hydrogen) atoms. The van der Waals surface area contributed by atoms with Crippen molar-refractivity contribution in [3.05, 3.63) is 82.3 Å². The van der Waals surface area contributed by atoms with Gasteiger partial charge in [-0.05, 0) is 42.3 Å². The van der Waals surface area contributed by atoms with E-state index < -0.39 is 0 Å². The summed E-state index contributed by atoms with van der Waals surface area (Å²) in [4.78, 5) is 16.9. The Labute approximate surface area is 181 Å². The maximum atomic E-state index is 12.8. The molecule has 4 aromatic rings. The average Bonchev–Trinajstić information content (AvgIpc) is 3.43. The zero-order valence-corrected chi connectivity index (χ0v) is 17.2. The first-order valence-electron chi connectivity index (χ1n) is 8.72. The second-order valence-corrected chi connectivity index (χ2v) is 7.36. The van der Waals surface area contributed by atoms with Gasteiger partial charge in [0.1, 0.15) is 11.4 Å².